The second-order valence-corrected chi connectivity index (χ2v) is 5.99. The fraction of sp³-hybridized carbons (Fsp3) is 0.444. The van der Waals surface area contributed by atoms with Crippen LogP contribution in [-0.2, 0) is 19.1 Å². The van der Waals surface area contributed by atoms with Gasteiger partial charge in [0.25, 0.3) is 11.8 Å². The van der Waals surface area contributed by atoms with Gasteiger partial charge in [-0.1, -0.05) is 6.42 Å². The molecule has 8 nitrogen and oxygen atoms in total. The molecule has 1 aromatic carbocycles. The van der Waals surface area contributed by atoms with Crippen LogP contribution in [0.5, 0.6) is 0 Å². The van der Waals surface area contributed by atoms with Crippen LogP contribution in [0.1, 0.15) is 36.0 Å². The minimum absolute atomic E-state index is 0.0555. The van der Waals surface area contributed by atoms with Crippen LogP contribution >= 0.6 is 0 Å². The molecular weight excluding hydrogens is 338 g/mol. The van der Waals surface area contributed by atoms with Crippen LogP contribution in [0, 0.1) is 0 Å². The first kappa shape index (κ1) is 19.4. The molecule has 1 heterocycles. The second kappa shape index (κ2) is 9.55. The largest absolute Gasteiger partial charge is 0.454 e. The number of likely N-dealkylation sites (tertiary alicyclic amines) is 1. The molecule has 1 aliphatic heterocycles. The maximum atomic E-state index is 11.9. The zero-order valence-electron chi connectivity index (χ0n) is 14.7. The quantitative estimate of drug-likeness (QED) is 0.734. The second-order valence-electron chi connectivity index (χ2n) is 5.99. The summed E-state index contributed by atoms with van der Waals surface area (Å²) in [5.41, 5.74) is 0.959. The van der Waals surface area contributed by atoms with E-state index in [4.69, 9.17) is 4.74 Å². The van der Waals surface area contributed by atoms with E-state index in [0.717, 1.165) is 19.3 Å². The van der Waals surface area contributed by atoms with Gasteiger partial charge in [0.05, 0.1) is 0 Å². The number of hydrogen-bond donors (Lipinski definition) is 2. The summed E-state index contributed by atoms with van der Waals surface area (Å²) in [7, 11) is 1.53. The van der Waals surface area contributed by atoms with Crippen molar-refractivity contribution in [2.24, 2.45) is 0 Å². The van der Waals surface area contributed by atoms with Gasteiger partial charge in [-0.05, 0) is 37.1 Å². The van der Waals surface area contributed by atoms with Crippen LogP contribution in [0.4, 0.5) is 5.69 Å². The predicted octanol–water partition coefficient (Wildman–Crippen LogP) is 0.930. The van der Waals surface area contributed by atoms with E-state index in [2.05, 4.69) is 10.6 Å². The molecule has 1 aromatic rings. The molecule has 3 amide bonds. The third-order valence-electron chi connectivity index (χ3n) is 4.01. The molecule has 2 N–H and O–H groups in total. The van der Waals surface area contributed by atoms with Crippen molar-refractivity contribution < 1.29 is 23.9 Å². The van der Waals surface area contributed by atoms with E-state index in [-0.39, 0.29) is 18.4 Å². The van der Waals surface area contributed by atoms with E-state index in [0.29, 0.717) is 24.2 Å². The van der Waals surface area contributed by atoms with Gasteiger partial charge in [0, 0.05) is 31.3 Å². The monoisotopic (exact) mass is 361 g/mol. The molecule has 0 spiro atoms. The minimum atomic E-state index is -0.606. The van der Waals surface area contributed by atoms with Crippen LogP contribution in [0.3, 0.4) is 0 Å². The number of hydrogen-bond acceptors (Lipinski definition) is 5. The van der Waals surface area contributed by atoms with Crippen molar-refractivity contribution in [2.75, 3.05) is 32.1 Å². The number of benzene rings is 1. The molecule has 2 rings (SSSR count). The van der Waals surface area contributed by atoms with Gasteiger partial charge in [-0.2, -0.15) is 0 Å². The normalized spacial score (nSPS) is 14.3. The molecule has 8 heteroatoms. The van der Waals surface area contributed by atoms with E-state index in [1.54, 1.807) is 24.3 Å². The fourth-order valence-electron chi connectivity index (χ4n) is 2.60. The van der Waals surface area contributed by atoms with Crippen LogP contribution in [0.25, 0.3) is 0 Å². The maximum absolute atomic E-state index is 11.9. The predicted molar refractivity (Wildman–Crippen MR) is 94.5 cm³/mol. The Kier molecular flexibility index (Phi) is 7.13. The fourth-order valence-corrected chi connectivity index (χ4v) is 2.60. The number of ether oxygens (including phenoxy) is 1. The third-order valence-corrected chi connectivity index (χ3v) is 4.01. The highest BCUT2D eigenvalue weighted by atomic mass is 16.5. The zero-order valence-corrected chi connectivity index (χ0v) is 14.7. The number of rotatable bonds is 6. The molecule has 1 aliphatic rings. The Labute approximate surface area is 151 Å². The Morgan fingerprint density at radius 2 is 1.85 bits per heavy atom. The summed E-state index contributed by atoms with van der Waals surface area (Å²) in [5.74, 6) is -1.38. The van der Waals surface area contributed by atoms with Crippen molar-refractivity contribution >= 4 is 29.4 Å². The lowest BCUT2D eigenvalue weighted by atomic mass is 10.2. The van der Waals surface area contributed by atoms with Crippen molar-refractivity contribution in [1.82, 2.24) is 10.2 Å². The lowest BCUT2D eigenvalue weighted by Crippen LogP contribution is -2.36. The van der Waals surface area contributed by atoms with Crippen molar-refractivity contribution in [1.29, 1.82) is 0 Å². The lowest BCUT2D eigenvalue weighted by molar-refractivity contribution is -0.151. The molecule has 0 unspecified atom stereocenters. The molecule has 140 valence electrons. The SMILES string of the molecule is CNC(=O)c1ccc(NC(=O)COC(=O)CN2CCCCCC2=O)cc1. The number of esters is 1. The molecule has 26 heavy (non-hydrogen) atoms. The minimum Gasteiger partial charge on any atom is -0.454 e. The van der Waals surface area contributed by atoms with E-state index in [1.807, 2.05) is 0 Å². The molecule has 1 fully saturated rings. The number of amides is 3. The van der Waals surface area contributed by atoms with Gasteiger partial charge in [-0.15, -0.1) is 0 Å². The Hall–Kier alpha value is -2.90. The number of carbonyl (C=O) groups is 4. The van der Waals surface area contributed by atoms with Crippen LogP contribution in [0.15, 0.2) is 24.3 Å². The Bertz CT molecular complexity index is 672. The van der Waals surface area contributed by atoms with Gasteiger partial charge in [-0.25, -0.2) is 0 Å². The number of anilines is 1. The number of carbonyl (C=O) groups excluding carboxylic acids is 4. The molecule has 0 aliphatic carbocycles. The molecule has 1 saturated heterocycles. The Morgan fingerprint density at radius 3 is 2.54 bits per heavy atom. The van der Waals surface area contributed by atoms with Crippen molar-refractivity contribution in [3.63, 3.8) is 0 Å². The highest BCUT2D eigenvalue weighted by Gasteiger charge is 2.20. The number of nitrogens with zero attached hydrogens (tertiary/aromatic N) is 1. The maximum Gasteiger partial charge on any atom is 0.326 e. The topological polar surface area (TPSA) is 105 Å². The van der Waals surface area contributed by atoms with Crippen molar-refractivity contribution in [3.8, 4) is 0 Å². The summed E-state index contributed by atoms with van der Waals surface area (Å²) in [6.07, 6.45) is 3.12. The first-order valence-corrected chi connectivity index (χ1v) is 8.55. The van der Waals surface area contributed by atoms with Gasteiger partial charge >= 0.3 is 5.97 Å². The van der Waals surface area contributed by atoms with Crippen molar-refractivity contribution in [2.45, 2.75) is 25.7 Å². The Morgan fingerprint density at radius 1 is 1.12 bits per heavy atom. The summed E-state index contributed by atoms with van der Waals surface area (Å²) in [4.78, 5) is 48.5. The van der Waals surface area contributed by atoms with Crippen LogP contribution in [0.2, 0.25) is 0 Å². The average molecular weight is 361 g/mol. The molecule has 0 saturated carbocycles. The highest BCUT2D eigenvalue weighted by molar-refractivity contribution is 5.96. The third kappa shape index (κ3) is 5.87. The van der Waals surface area contributed by atoms with E-state index < -0.39 is 18.5 Å². The van der Waals surface area contributed by atoms with Gasteiger partial charge in [-0.3, -0.25) is 19.2 Å². The van der Waals surface area contributed by atoms with E-state index in [9.17, 15) is 19.2 Å². The molecule has 0 bridgehead atoms. The summed E-state index contributed by atoms with van der Waals surface area (Å²) in [6.45, 7) is -0.0250. The summed E-state index contributed by atoms with van der Waals surface area (Å²) in [6, 6.07) is 6.32. The standard InChI is InChI=1S/C18H23N3O5/c1-19-18(25)13-6-8-14(9-7-13)20-15(22)12-26-17(24)11-21-10-4-2-3-5-16(21)23/h6-9H,2-5,10-12H2,1H3,(H,19,25)(H,20,22). The van der Waals surface area contributed by atoms with Gasteiger partial charge in [0.1, 0.15) is 6.54 Å². The molecule has 0 radical (unpaired) electrons. The van der Waals surface area contributed by atoms with E-state index in [1.165, 1.54) is 11.9 Å². The molecule has 0 aromatic heterocycles. The Balaban J connectivity index is 1.76. The molecular formula is C18H23N3O5. The highest BCUT2D eigenvalue weighted by Crippen LogP contribution is 2.11. The summed E-state index contributed by atoms with van der Waals surface area (Å²) >= 11 is 0. The van der Waals surface area contributed by atoms with Crippen LogP contribution in [-0.4, -0.2) is 55.3 Å². The first-order valence-electron chi connectivity index (χ1n) is 8.55. The molecule has 0 atom stereocenters. The summed E-state index contributed by atoms with van der Waals surface area (Å²) in [5, 5.41) is 5.08. The smallest absolute Gasteiger partial charge is 0.326 e. The summed E-state index contributed by atoms with van der Waals surface area (Å²) < 4.78 is 4.94. The van der Waals surface area contributed by atoms with Crippen LogP contribution < -0.4 is 10.6 Å². The zero-order chi connectivity index (χ0) is 18.9. The lowest BCUT2D eigenvalue weighted by Gasteiger charge is -2.19. The number of nitrogens with one attached hydrogen (secondary N) is 2. The van der Waals surface area contributed by atoms with Gasteiger partial charge in [0.15, 0.2) is 6.61 Å². The van der Waals surface area contributed by atoms with Crippen molar-refractivity contribution in [3.05, 3.63) is 29.8 Å². The first-order chi connectivity index (χ1) is 12.5. The average Bonchev–Trinajstić information content (AvgIpc) is 2.84. The van der Waals surface area contributed by atoms with Gasteiger partial charge < -0.3 is 20.3 Å². The van der Waals surface area contributed by atoms with Gasteiger partial charge in [0.2, 0.25) is 5.91 Å². The van der Waals surface area contributed by atoms with E-state index >= 15 is 0 Å².